The molecule has 9 aromatic carbocycles. The van der Waals surface area contributed by atoms with Crippen molar-refractivity contribution in [2.75, 3.05) is 34.3 Å². The standard InChI is InChI=1S/C61H54N2.C17H21N.C5H10.C3H6.C2H6/c1-3-61(4-2)56-41-45(23-21-43-25-31-47(32-26-43)51-37-38-60(55-18-8-7-17-52(51)55)63-40-12-16-49-14-6-10-20-59(49)63)29-35-53(56)54-36-30-46(42-57(54)61)24-22-44-27-33-50(34-28-44)62-39-11-15-48-13-5-9-19-58(48)62;1-4-14(2)11-12-15(3)18-13-7-9-16-8-5-6-10-17(16)18;1-3-5-4-2;1-3-2;1-2/h5-10,13-14,17-38,41-42H,3-4,11-12,15-16,39-40H2,1-2H3;4-6,8,10-12H,1,7,9,13H2,2-3H3;3,5H,4H2,1-2H3;3H,1H2,2H3;1-2H3/b23-21+,24-22+;14-11+,15-12+;5-3-;;. The van der Waals surface area contributed by atoms with Gasteiger partial charge >= 0.3 is 0 Å². The van der Waals surface area contributed by atoms with Crippen molar-refractivity contribution in [3.05, 3.63) is 305 Å². The van der Waals surface area contributed by atoms with Crippen molar-refractivity contribution in [3.8, 4) is 22.3 Å². The van der Waals surface area contributed by atoms with Crippen molar-refractivity contribution >= 4 is 63.5 Å². The molecule has 0 saturated carbocycles. The second kappa shape index (κ2) is 32.5. The third-order valence-electron chi connectivity index (χ3n) is 18.3. The maximum Gasteiger partial charge on any atom is 0.0490 e. The van der Waals surface area contributed by atoms with Crippen molar-refractivity contribution in [2.45, 2.75) is 126 Å². The van der Waals surface area contributed by atoms with E-state index in [9.17, 15) is 0 Å². The Morgan fingerprint density at radius 3 is 1.44 bits per heavy atom. The predicted octanol–water partition coefficient (Wildman–Crippen LogP) is 24.8. The van der Waals surface area contributed by atoms with E-state index in [0.717, 1.165) is 51.7 Å². The van der Waals surface area contributed by atoms with E-state index >= 15 is 0 Å². The first-order valence-corrected chi connectivity index (χ1v) is 33.8. The monoisotopic (exact) mass is 1200 g/mol. The summed E-state index contributed by atoms with van der Waals surface area (Å²) < 4.78 is 0. The van der Waals surface area contributed by atoms with Crippen molar-refractivity contribution in [1.82, 2.24) is 0 Å². The lowest BCUT2D eigenvalue weighted by molar-refractivity contribution is 0.490. The third-order valence-corrected chi connectivity index (χ3v) is 18.3. The SMILES string of the molecule is C/C=C\CC.C=C/C(C)=C/C=C(\C)N1CCCc2ccccc21.C=CC.CC.CCC1(CC)c2cc(/C=C/c3ccc(-c4ccc(N5CCCc6ccccc65)c5ccccc45)cc3)ccc2-c2ccc(/C=C/c3ccc(N4CCCc5ccccc54)cc3)cc21. The molecule has 3 aliphatic heterocycles. The van der Waals surface area contributed by atoms with Gasteiger partial charge in [0.05, 0.1) is 0 Å². The van der Waals surface area contributed by atoms with E-state index in [1.165, 1.54) is 148 Å². The summed E-state index contributed by atoms with van der Waals surface area (Å²) in [7, 11) is 0. The minimum atomic E-state index is -0.0118. The van der Waals surface area contributed by atoms with Crippen LogP contribution in [-0.4, -0.2) is 19.6 Å². The van der Waals surface area contributed by atoms with Crippen molar-refractivity contribution in [1.29, 1.82) is 0 Å². The third kappa shape index (κ3) is 15.4. The van der Waals surface area contributed by atoms with Gasteiger partial charge in [-0.2, -0.15) is 0 Å². The Kier molecular flexibility index (Phi) is 23.7. The molecule has 0 saturated heterocycles. The summed E-state index contributed by atoms with van der Waals surface area (Å²) >= 11 is 0. The second-order valence-corrected chi connectivity index (χ2v) is 23.9. The summed E-state index contributed by atoms with van der Waals surface area (Å²) in [5.41, 5.74) is 26.6. The van der Waals surface area contributed by atoms with Crippen molar-refractivity contribution < 1.29 is 0 Å². The van der Waals surface area contributed by atoms with Gasteiger partial charge in [0.2, 0.25) is 0 Å². The van der Waals surface area contributed by atoms with E-state index in [0.29, 0.717) is 0 Å². The van der Waals surface area contributed by atoms with Crippen LogP contribution in [-0.2, 0) is 24.7 Å². The normalized spacial score (nSPS) is 14.5. The quantitative estimate of drug-likeness (QED) is 0.0647. The molecule has 0 bridgehead atoms. The zero-order valence-corrected chi connectivity index (χ0v) is 56.0. The highest BCUT2D eigenvalue weighted by atomic mass is 15.2. The van der Waals surface area contributed by atoms with E-state index in [-0.39, 0.29) is 5.41 Å². The Morgan fingerprint density at radius 1 is 0.462 bits per heavy atom. The maximum atomic E-state index is 3.78. The zero-order valence-electron chi connectivity index (χ0n) is 56.0. The molecule has 3 heterocycles. The largest absolute Gasteiger partial charge is 0.345 e. The molecule has 3 nitrogen and oxygen atoms in total. The molecule has 4 aliphatic rings. The minimum absolute atomic E-state index is 0.0118. The van der Waals surface area contributed by atoms with Crippen LogP contribution in [0.4, 0.5) is 28.4 Å². The van der Waals surface area contributed by atoms with Crippen molar-refractivity contribution in [3.63, 3.8) is 0 Å². The van der Waals surface area contributed by atoms with Gasteiger partial charge in [0.25, 0.3) is 0 Å². The number of fused-ring (bicyclic) bond motifs is 7. The fourth-order valence-electron chi connectivity index (χ4n) is 13.6. The predicted molar refractivity (Wildman–Crippen MR) is 403 cm³/mol. The number of para-hydroxylation sites is 3. The van der Waals surface area contributed by atoms with Crippen molar-refractivity contribution in [2.24, 2.45) is 0 Å². The average molecular weight is 1200 g/mol. The second-order valence-electron chi connectivity index (χ2n) is 23.9. The number of rotatable bonds is 13. The molecule has 0 fully saturated rings. The maximum absolute atomic E-state index is 3.78. The highest BCUT2D eigenvalue weighted by Crippen LogP contribution is 2.53. The van der Waals surface area contributed by atoms with E-state index in [2.05, 4.69) is 305 Å². The summed E-state index contributed by atoms with van der Waals surface area (Å²) in [5.74, 6) is 0. The molecule has 0 atom stereocenters. The first-order chi connectivity index (χ1) is 44.6. The molecule has 0 amide bonds. The summed E-state index contributed by atoms with van der Waals surface area (Å²) in [6, 6.07) is 72.4. The van der Waals surface area contributed by atoms with Gasteiger partial charge in [-0.05, 0) is 206 Å². The molecular weight excluding hydrogens is 1100 g/mol. The number of aryl methyl sites for hydroxylation is 3. The van der Waals surface area contributed by atoms with Gasteiger partial charge < -0.3 is 14.7 Å². The number of hydrogen-bond acceptors (Lipinski definition) is 3. The average Bonchev–Trinajstić information content (AvgIpc) is 1.62. The van der Waals surface area contributed by atoms with Gasteiger partial charge in [0.1, 0.15) is 0 Å². The van der Waals surface area contributed by atoms with E-state index in [1.54, 1.807) is 6.08 Å². The molecule has 464 valence electrons. The van der Waals surface area contributed by atoms with E-state index in [4.69, 9.17) is 0 Å². The molecule has 0 radical (unpaired) electrons. The van der Waals surface area contributed by atoms with Crippen LogP contribution in [0.1, 0.15) is 151 Å². The van der Waals surface area contributed by atoms with E-state index < -0.39 is 0 Å². The molecule has 1 aliphatic carbocycles. The first-order valence-electron chi connectivity index (χ1n) is 33.8. The van der Waals surface area contributed by atoms with Gasteiger partial charge in [-0.25, -0.2) is 0 Å². The Morgan fingerprint density at radius 2 is 0.912 bits per heavy atom. The van der Waals surface area contributed by atoms with Crippen LogP contribution in [0.3, 0.4) is 0 Å². The highest BCUT2D eigenvalue weighted by Gasteiger charge is 2.40. The van der Waals surface area contributed by atoms with Gasteiger partial charge in [0, 0.05) is 64.6 Å². The Bertz CT molecular complexity index is 4040. The number of hydrogen-bond donors (Lipinski definition) is 0. The Hall–Kier alpha value is -9.18. The summed E-state index contributed by atoms with van der Waals surface area (Å²) in [6.45, 7) is 29.4. The number of allylic oxidation sites excluding steroid dienone is 8. The molecule has 3 heteroatoms. The lowest BCUT2D eigenvalue weighted by atomic mass is 9.73. The molecule has 13 rings (SSSR count). The molecule has 0 unspecified atom stereocenters. The number of anilines is 5. The first kappa shape index (κ1) is 66.2. The van der Waals surface area contributed by atoms with Gasteiger partial charge in [-0.3, -0.25) is 0 Å². The Labute approximate surface area is 547 Å². The van der Waals surface area contributed by atoms with Crippen LogP contribution < -0.4 is 14.7 Å². The van der Waals surface area contributed by atoms with Crippen LogP contribution >= 0.6 is 0 Å². The van der Waals surface area contributed by atoms with Gasteiger partial charge in [0.15, 0.2) is 0 Å². The van der Waals surface area contributed by atoms with Gasteiger partial charge in [-0.1, -0.05) is 259 Å². The summed E-state index contributed by atoms with van der Waals surface area (Å²) in [5, 5.41) is 2.60. The fourth-order valence-corrected chi connectivity index (χ4v) is 13.6. The van der Waals surface area contributed by atoms with Crippen LogP contribution in [0.25, 0.3) is 57.3 Å². The van der Waals surface area contributed by atoms with Crippen LogP contribution in [0.5, 0.6) is 0 Å². The Balaban J connectivity index is 0.000000292. The fraction of sp³-hybridized carbons (Fsp3) is 0.250. The van der Waals surface area contributed by atoms with Crippen LogP contribution in [0.15, 0.2) is 255 Å². The van der Waals surface area contributed by atoms with E-state index in [1.807, 2.05) is 33.8 Å². The summed E-state index contributed by atoms with van der Waals surface area (Å²) in [4.78, 5) is 7.40. The molecule has 0 spiro atoms. The number of nitrogens with zero attached hydrogens (tertiary/aromatic N) is 3. The topological polar surface area (TPSA) is 9.72 Å². The molecule has 0 aromatic heterocycles. The lowest BCUT2D eigenvalue weighted by Crippen LogP contribution is -2.27. The molecule has 91 heavy (non-hydrogen) atoms. The summed E-state index contributed by atoms with van der Waals surface area (Å²) in [6.07, 6.45) is 31.6. The molecular formula is C88H97N3. The van der Waals surface area contributed by atoms with Crippen LogP contribution in [0, 0.1) is 0 Å². The highest BCUT2D eigenvalue weighted by molar-refractivity contribution is 6.05. The zero-order chi connectivity index (χ0) is 64.1. The van der Waals surface area contributed by atoms with Crippen LogP contribution in [0.2, 0.25) is 0 Å². The number of benzene rings is 9. The molecule has 0 N–H and O–H groups in total. The van der Waals surface area contributed by atoms with Gasteiger partial charge in [-0.15, -0.1) is 6.58 Å². The smallest absolute Gasteiger partial charge is 0.0490 e. The lowest BCUT2D eigenvalue weighted by Gasteiger charge is -2.32. The minimum Gasteiger partial charge on any atom is -0.345 e. The molecule has 9 aromatic rings.